The number of furan rings is 1. The smallest absolute Gasteiger partial charge is 0.240 e. The van der Waals surface area contributed by atoms with Crippen LogP contribution in [0.2, 0.25) is 0 Å². The predicted molar refractivity (Wildman–Crippen MR) is 72.7 cm³/mol. The van der Waals surface area contributed by atoms with Crippen molar-refractivity contribution in [3.63, 3.8) is 0 Å². The molecule has 3 rings (SSSR count). The molecule has 1 aliphatic carbocycles. The normalized spacial score (nSPS) is 25.0. The number of nitrogens with zero attached hydrogens (tertiary/aromatic N) is 1. The number of carbonyl (C=O) groups is 3. The summed E-state index contributed by atoms with van der Waals surface area (Å²) < 4.78 is 5.11. The van der Waals surface area contributed by atoms with Crippen LogP contribution in [0.25, 0.3) is 0 Å². The molecular formula is C15H18N2O4. The van der Waals surface area contributed by atoms with Crippen LogP contribution < -0.4 is 5.32 Å². The molecule has 6 nitrogen and oxygen atoms in total. The summed E-state index contributed by atoms with van der Waals surface area (Å²) in [7, 11) is 0. The zero-order chi connectivity index (χ0) is 14.8. The maximum Gasteiger partial charge on any atom is 0.240 e. The summed E-state index contributed by atoms with van der Waals surface area (Å²) in [4.78, 5) is 37.5. The number of rotatable bonds is 4. The molecule has 1 aromatic heterocycles. The minimum atomic E-state index is -0.341. The molecule has 2 heterocycles. The van der Waals surface area contributed by atoms with E-state index in [2.05, 4.69) is 5.32 Å². The van der Waals surface area contributed by atoms with E-state index in [-0.39, 0.29) is 42.6 Å². The van der Waals surface area contributed by atoms with Crippen LogP contribution in [0.4, 0.5) is 0 Å². The van der Waals surface area contributed by atoms with Gasteiger partial charge in [-0.05, 0) is 25.0 Å². The van der Waals surface area contributed by atoms with Crippen LogP contribution in [-0.2, 0) is 20.9 Å². The Hall–Kier alpha value is -2.11. The number of imide groups is 1. The molecule has 1 saturated heterocycles. The fraction of sp³-hybridized carbons (Fsp3) is 0.533. The summed E-state index contributed by atoms with van der Waals surface area (Å²) in [6.07, 6.45) is 5.02. The Labute approximate surface area is 122 Å². The number of hydrogen-bond donors (Lipinski definition) is 1. The lowest BCUT2D eigenvalue weighted by atomic mass is 9.81. The number of carbonyl (C=O) groups excluding carboxylic acids is 3. The van der Waals surface area contributed by atoms with E-state index < -0.39 is 0 Å². The SMILES string of the molecule is O=C(CN1C(=O)[C@@H]2CCCC[C@H]2C1=O)NCc1ccco1. The van der Waals surface area contributed by atoms with Crippen molar-refractivity contribution in [2.45, 2.75) is 32.2 Å². The van der Waals surface area contributed by atoms with E-state index in [0.29, 0.717) is 5.76 Å². The van der Waals surface area contributed by atoms with E-state index in [0.717, 1.165) is 30.6 Å². The maximum absolute atomic E-state index is 12.2. The van der Waals surface area contributed by atoms with E-state index >= 15 is 0 Å². The summed E-state index contributed by atoms with van der Waals surface area (Å²) in [5, 5.41) is 2.66. The Kier molecular flexibility index (Phi) is 3.77. The van der Waals surface area contributed by atoms with E-state index in [1.165, 1.54) is 6.26 Å². The molecule has 0 aromatic carbocycles. The second kappa shape index (κ2) is 5.71. The van der Waals surface area contributed by atoms with E-state index in [1.807, 2.05) is 0 Å². The fourth-order valence-electron chi connectivity index (χ4n) is 3.19. The van der Waals surface area contributed by atoms with Gasteiger partial charge >= 0.3 is 0 Å². The highest BCUT2D eigenvalue weighted by molar-refractivity contribution is 6.07. The Morgan fingerprint density at radius 2 is 1.90 bits per heavy atom. The molecule has 3 amide bonds. The van der Waals surface area contributed by atoms with Crippen molar-refractivity contribution in [3.05, 3.63) is 24.2 Å². The number of likely N-dealkylation sites (tertiary alicyclic amines) is 1. The van der Waals surface area contributed by atoms with Gasteiger partial charge in [-0.15, -0.1) is 0 Å². The second-order valence-corrected chi connectivity index (χ2v) is 5.62. The van der Waals surface area contributed by atoms with Crippen LogP contribution in [0.3, 0.4) is 0 Å². The molecule has 1 aliphatic heterocycles. The minimum Gasteiger partial charge on any atom is -0.467 e. The quantitative estimate of drug-likeness (QED) is 0.841. The Morgan fingerprint density at radius 1 is 1.24 bits per heavy atom. The van der Waals surface area contributed by atoms with Crippen molar-refractivity contribution in [1.29, 1.82) is 0 Å². The van der Waals surface area contributed by atoms with E-state index in [9.17, 15) is 14.4 Å². The van der Waals surface area contributed by atoms with Gasteiger partial charge in [0.15, 0.2) is 0 Å². The number of nitrogens with one attached hydrogen (secondary N) is 1. The highest BCUT2D eigenvalue weighted by Crippen LogP contribution is 2.37. The first-order valence-electron chi connectivity index (χ1n) is 7.31. The first kappa shape index (κ1) is 13.9. The summed E-state index contributed by atoms with van der Waals surface area (Å²) in [6, 6.07) is 3.49. The summed E-state index contributed by atoms with van der Waals surface area (Å²) >= 11 is 0. The van der Waals surface area contributed by atoms with Gasteiger partial charge < -0.3 is 9.73 Å². The van der Waals surface area contributed by atoms with Gasteiger partial charge in [0.2, 0.25) is 17.7 Å². The summed E-state index contributed by atoms with van der Waals surface area (Å²) in [5.74, 6) is -0.480. The Bertz CT molecular complexity index is 528. The first-order chi connectivity index (χ1) is 10.2. The molecule has 0 spiro atoms. The topological polar surface area (TPSA) is 79.6 Å². The highest BCUT2D eigenvalue weighted by Gasteiger charge is 2.48. The summed E-state index contributed by atoms with van der Waals surface area (Å²) in [6.45, 7) is 0.0697. The third kappa shape index (κ3) is 2.70. The van der Waals surface area contributed by atoms with Crippen LogP contribution in [0.1, 0.15) is 31.4 Å². The molecule has 0 unspecified atom stereocenters. The lowest BCUT2D eigenvalue weighted by molar-refractivity contribution is -0.143. The number of amides is 3. The Morgan fingerprint density at radius 3 is 2.48 bits per heavy atom. The van der Waals surface area contributed by atoms with Crippen molar-refractivity contribution in [1.82, 2.24) is 10.2 Å². The molecule has 2 atom stereocenters. The van der Waals surface area contributed by atoms with Gasteiger partial charge in [-0.2, -0.15) is 0 Å². The molecule has 1 aromatic rings. The summed E-state index contributed by atoms with van der Waals surface area (Å²) in [5.41, 5.74) is 0. The van der Waals surface area contributed by atoms with Crippen molar-refractivity contribution in [2.24, 2.45) is 11.8 Å². The lowest BCUT2D eigenvalue weighted by Gasteiger charge is -2.19. The van der Waals surface area contributed by atoms with Crippen LogP contribution in [0, 0.1) is 11.8 Å². The highest BCUT2D eigenvalue weighted by atomic mass is 16.3. The molecule has 0 radical (unpaired) electrons. The van der Waals surface area contributed by atoms with Crippen LogP contribution in [-0.4, -0.2) is 29.2 Å². The predicted octanol–water partition coefficient (Wildman–Crippen LogP) is 1.07. The van der Waals surface area contributed by atoms with Gasteiger partial charge in [0.1, 0.15) is 12.3 Å². The zero-order valence-corrected chi connectivity index (χ0v) is 11.7. The monoisotopic (exact) mass is 290 g/mol. The average molecular weight is 290 g/mol. The first-order valence-corrected chi connectivity index (χ1v) is 7.31. The average Bonchev–Trinajstić information content (AvgIpc) is 3.09. The van der Waals surface area contributed by atoms with Crippen molar-refractivity contribution < 1.29 is 18.8 Å². The van der Waals surface area contributed by atoms with Crippen LogP contribution in [0.5, 0.6) is 0 Å². The second-order valence-electron chi connectivity index (χ2n) is 5.62. The molecule has 21 heavy (non-hydrogen) atoms. The van der Waals surface area contributed by atoms with Gasteiger partial charge in [0.05, 0.1) is 24.6 Å². The van der Waals surface area contributed by atoms with Crippen LogP contribution >= 0.6 is 0 Å². The van der Waals surface area contributed by atoms with Gasteiger partial charge in [-0.1, -0.05) is 12.8 Å². The molecule has 1 saturated carbocycles. The van der Waals surface area contributed by atoms with E-state index in [4.69, 9.17) is 4.42 Å². The molecular weight excluding hydrogens is 272 g/mol. The number of fused-ring (bicyclic) bond motifs is 1. The van der Waals surface area contributed by atoms with Crippen molar-refractivity contribution in [3.8, 4) is 0 Å². The van der Waals surface area contributed by atoms with Gasteiger partial charge in [-0.3, -0.25) is 19.3 Å². The lowest BCUT2D eigenvalue weighted by Crippen LogP contribution is -2.40. The largest absolute Gasteiger partial charge is 0.467 e. The van der Waals surface area contributed by atoms with Gasteiger partial charge in [0, 0.05) is 0 Å². The molecule has 6 heteroatoms. The third-order valence-corrected chi connectivity index (χ3v) is 4.27. The molecule has 2 fully saturated rings. The van der Waals surface area contributed by atoms with Crippen LogP contribution in [0.15, 0.2) is 22.8 Å². The van der Waals surface area contributed by atoms with Gasteiger partial charge in [-0.25, -0.2) is 0 Å². The van der Waals surface area contributed by atoms with Crippen molar-refractivity contribution >= 4 is 17.7 Å². The van der Waals surface area contributed by atoms with Crippen molar-refractivity contribution in [2.75, 3.05) is 6.54 Å². The van der Waals surface area contributed by atoms with Gasteiger partial charge in [0.25, 0.3) is 0 Å². The minimum absolute atomic E-state index is 0.183. The molecule has 1 N–H and O–H groups in total. The fourth-order valence-corrected chi connectivity index (χ4v) is 3.19. The van der Waals surface area contributed by atoms with E-state index in [1.54, 1.807) is 12.1 Å². The zero-order valence-electron chi connectivity index (χ0n) is 11.7. The Balaban J connectivity index is 1.57. The number of hydrogen-bond acceptors (Lipinski definition) is 4. The third-order valence-electron chi connectivity index (χ3n) is 4.27. The molecule has 2 aliphatic rings. The maximum atomic E-state index is 12.2. The molecule has 112 valence electrons. The standard InChI is InChI=1S/C15H18N2O4/c18-13(16-8-10-4-3-7-21-10)9-17-14(19)11-5-1-2-6-12(11)15(17)20/h3-4,7,11-12H,1-2,5-6,8-9H2,(H,16,18)/t11-,12-/m1/s1. The molecule has 0 bridgehead atoms.